The van der Waals surface area contributed by atoms with Crippen LogP contribution in [0.4, 0.5) is 5.69 Å². The van der Waals surface area contributed by atoms with Crippen LogP contribution in [0.25, 0.3) is 22.4 Å². The van der Waals surface area contributed by atoms with Gasteiger partial charge >= 0.3 is 0 Å². The predicted octanol–water partition coefficient (Wildman–Crippen LogP) is 4.40. The molecule has 0 radical (unpaired) electrons. The number of hydrogen-bond donors (Lipinski definition) is 2. The van der Waals surface area contributed by atoms with Gasteiger partial charge in [-0.3, -0.25) is 14.6 Å². The number of imidazole rings is 1. The molecule has 1 spiro atoms. The Kier molecular flexibility index (Phi) is 6.56. The fourth-order valence-electron chi connectivity index (χ4n) is 5.76. The van der Waals surface area contributed by atoms with Crippen LogP contribution in [0.2, 0.25) is 0 Å². The zero-order valence-electron chi connectivity index (χ0n) is 20.5. The molecule has 2 N–H and O–H groups in total. The summed E-state index contributed by atoms with van der Waals surface area (Å²) in [4.78, 5) is 34.8. The minimum Gasteiger partial charge on any atom is -0.375 e. The molecule has 3 aromatic rings. The quantitative estimate of drug-likeness (QED) is 0.503. The molecule has 2 saturated carbocycles. The molecule has 0 aliphatic heterocycles. The first kappa shape index (κ1) is 23.5. The normalized spacial score (nSPS) is 18.5. The Balaban J connectivity index is 1.48. The molecule has 5 rings (SSSR count). The van der Waals surface area contributed by atoms with Crippen LogP contribution in [0.1, 0.15) is 55.8 Å². The summed E-state index contributed by atoms with van der Waals surface area (Å²) in [5, 5.41) is 6.04. The molecule has 2 aliphatic carbocycles. The maximum absolute atomic E-state index is 13.5. The number of aromatic nitrogens is 3. The maximum atomic E-state index is 13.5. The number of benzene rings is 1. The second-order valence-corrected chi connectivity index (χ2v) is 9.83. The highest BCUT2D eigenvalue weighted by molar-refractivity contribution is 6.08. The van der Waals surface area contributed by atoms with Gasteiger partial charge in [-0.15, -0.1) is 0 Å². The molecule has 8 heteroatoms. The van der Waals surface area contributed by atoms with Gasteiger partial charge in [-0.1, -0.05) is 19.3 Å². The van der Waals surface area contributed by atoms with Crippen LogP contribution in [-0.4, -0.2) is 46.6 Å². The van der Waals surface area contributed by atoms with E-state index in [-0.39, 0.29) is 18.4 Å². The first-order valence-electron chi connectivity index (χ1n) is 12.6. The van der Waals surface area contributed by atoms with Crippen LogP contribution in [0, 0.1) is 11.3 Å². The summed E-state index contributed by atoms with van der Waals surface area (Å²) in [5.74, 6) is 0.892. The summed E-state index contributed by atoms with van der Waals surface area (Å²) in [7, 11) is 1.47. The number of ether oxygens (including phenoxy) is 1. The smallest absolute Gasteiger partial charge is 0.253 e. The standard InChI is InChI=1S/C27H33N5O3/c1-3-32-24-21(26(34)29-16-19-14-27(19)9-5-4-6-10-27)12-20(30-23(33)17-35-2)13-22(24)31-25(32)18-8-7-11-28-15-18/h7-8,11-13,15,19H,3-6,9-10,14,16-17H2,1-2H3,(H,29,34)(H,30,33)/t19-/m0/s1. The van der Waals surface area contributed by atoms with Crippen LogP contribution >= 0.6 is 0 Å². The van der Waals surface area contributed by atoms with Gasteiger partial charge in [0, 0.05) is 43.8 Å². The number of pyridine rings is 1. The maximum Gasteiger partial charge on any atom is 0.253 e. The van der Waals surface area contributed by atoms with Crippen molar-refractivity contribution in [2.45, 2.75) is 52.0 Å². The lowest BCUT2D eigenvalue weighted by atomic mass is 9.84. The third kappa shape index (κ3) is 4.67. The number of anilines is 1. The molecule has 1 aromatic carbocycles. The van der Waals surface area contributed by atoms with Crippen LogP contribution in [0.3, 0.4) is 0 Å². The Bertz CT molecular complexity index is 1230. The second kappa shape index (κ2) is 9.77. The number of hydrogen-bond acceptors (Lipinski definition) is 5. The highest BCUT2D eigenvalue weighted by atomic mass is 16.5. The molecule has 2 aliphatic rings. The molecule has 2 aromatic heterocycles. The number of methoxy groups -OCH3 is 1. The van der Waals surface area contributed by atoms with Crippen molar-refractivity contribution >= 4 is 28.5 Å². The molecule has 1 atom stereocenters. The largest absolute Gasteiger partial charge is 0.375 e. The van der Waals surface area contributed by atoms with Crippen LogP contribution in [-0.2, 0) is 16.1 Å². The van der Waals surface area contributed by atoms with Crippen molar-refractivity contribution in [1.29, 1.82) is 0 Å². The van der Waals surface area contributed by atoms with Crippen LogP contribution in [0.15, 0.2) is 36.7 Å². The topological polar surface area (TPSA) is 98.1 Å². The molecule has 0 saturated heterocycles. The number of aryl methyl sites for hydroxylation is 1. The first-order chi connectivity index (χ1) is 17.0. The SMILES string of the molecule is CCn1c(-c2cccnc2)nc2cc(NC(=O)COC)cc(C(=O)NC[C@@H]3CC34CCCCC4)c21. The molecule has 2 heterocycles. The van der Waals surface area contributed by atoms with Crippen molar-refractivity contribution < 1.29 is 14.3 Å². The molecule has 2 amide bonds. The van der Waals surface area contributed by atoms with Gasteiger partial charge in [-0.05, 0) is 61.8 Å². The third-order valence-corrected chi connectivity index (χ3v) is 7.60. The lowest BCUT2D eigenvalue weighted by Crippen LogP contribution is -2.28. The van der Waals surface area contributed by atoms with E-state index >= 15 is 0 Å². The van der Waals surface area contributed by atoms with E-state index in [1.54, 1.807) is 18.5 Å². The molecule has 35 heavy (non-hydrogen) atoms. The van der Waals surface area contributed by atoms with Gasteiger partial charge in [-0.2, -0.15) is 0 Å². The Morgan fingerprint density at radius 1 is 1.23 bits per heavy atom. The number of nitrogens with zero attached hydrogens (tertiary/aromatic N) is 3. The van der Waals surface area contributed by atoms with E-state index in [4.69, 9.17) is 9.72 Å². The van der Waals surface area contributed by atoms with Gasteiger partial charge < -0.3 is 19.9 Å². The molecule has 184 valence electrons. The lowest BCUT2D eigenvalue weighted by molar-refractivity contribution is -0.119. The van der Waals surface area contributed by atoms with Crippen LogP contribution < -0.4 is 10.6 Å². The zero-order valence-corrected chi connectivity index (χ0v) is 20.5. The third-order valence-electron chi connectivity index (χ3n) is 7.60. The van der Waals surface area contributed by atoms with E-state index in [9.17, 15) is 9.59 Å². The minimum absolute atomic E-state index is 0.0618. The molecular weight excluding hydrogens is 442 g/mol. The van der Waals surface area contributed by atoms with E-state index in [0.29, 0.717) is 41.2 Å². The summed E-state index contributed by atoms with van der Waals surface area (Å²) in [6.07, 6.45) is 11.2. The summed E-state index contributed by atoms with van der Waals surface area (Å²) in [6.45, 7) is 3.31. The Morgan fingerprint density at radius 2 is 2.06 bits per heavy atom. The number of fused-ring (bicyclic) bond motifs is 1. The summed E-state index contributed by atoms with van der Waals surface area (Å²) >= 11 is 0. The number of carbonyl (C=O) groups excluding carboxylic acids is 2. The number of rotatable bonds is 8. The summed E-state index contributed by atoms with van der Waals surface area (Å²) < 4.78 is 6.99. The highest BCUT2D eigenvalue weighted by Gasteiger charge is 2.53. The average molecular weight is 476 g/mol. The highest BCUT2D eigenvalue weighted by Crippen LogP contribution is 2.61. The Labute approximate surface area is 205 Å². The number of amides is 2. The van der Waals surface area contributed by atoms with E-state index in [2.05, 4.69) is 15.6 Å². The van der Waals surface area contributed by atoms with E-state index < -0.39 is 0 Å². The Morgan fingerprint density at radius 3 is 2.77 bits per heavy atom. The number of nitrogens with one attached hydrogen (secondary N) is 2. The fraction of sp³-hybridized carbons (Fsp3) is 0.481. The number of carbonyl (C=O) groups is 2. The molecule has 8 nitrogen and oxygen atoms in total. The predicted molar refractivity (Wildman–Crippen MR) is 135 cm³/mol. The van der Waals surface area contributed by atoms with Crippen LogP contribution in [0.5, 0.6) is 0 Å². The molecular formula is C27H33N5O3. The monoisotopic (exact) mass is 475 g/mol. The molecule has 0 bridgehead atoms. The van der Waals surface area contributed by atoms with E-state index in [1.807, 2.05) is 29.7 Å². The van der Waals surface area contributed by atoms with Gasteiger partial charge in [0.1, 0.15) is 12.4 Å². The Hall–Kier alpha value is -3.26. The van der Waals surface area contributed by atoms with Crippen molar-refractivity contribution in [2.75, 3.05) is 25.6 Å². The van der Waals surface area contributed by atoms with Crippen molar-refractivity contribution in [3.05, 3.63) is 42.2 Å². The van der Waals surface area contributed by atoms with Gasteiger partial charge in [0.25, 0.3) is 5.91 Å². The molecule has 2 fully saturated rings. The van der Waals surface area contributed by atoms with E-state index in [0.717, 1.165) is 16.9 Å². The van der Waals surface area contributed by atoms with Gasteiger partial charge in [0.05, 0.1) is 16.6 Å². The zero-order chi connectivity index (χ0) is 24.4. The van der Waals surface area contributed by atoms with E-state index in [1.165, 1.54) is 45.6 Å². The van der Waals surface area contributed by atoms with Crippen molar-refractivity contribution in [3.8, 4) is 11.4 Å². The molecule has 0 unspecified atom stereocenters. The summed E-state index contributed by atoms with van der Waals surface area (Å²) in [6, 6.07) is 7.38. The van der Waals surface area contributed by atoms with Gasteiger partial charge in [0.15, 0.2) is 0 Å². The fourth-order valence-corrected chi connectivity index (χ4v) is 5.76. The van der Waals surface area contributed by atoms with Crippen molar-refractivity contribution in [2.24, 2.45) is 11.3 Å². The second-order valence-electron chi connectivity index (χ2n) is 9.83. The first-order valence-corrected chi connectivity index (χ1v) is 12.6. The van der Waals surface area contributed by atoms with Gasteiger partial charge in [-0.25, -0.2) is 4.98 Å². The van der Waals surface area contributed by atoms with Crippen molar-refractivity contribution in [3.63, 3.8) is 0 Å². The summed E-state index contributed by atoms with van der Waals surface area (Å²) in [5.41, 5.74) is 3.78. The lowest BCUT2D eigenvalue weighted by Gasteiger charge is -2.22. The average Bonchev–Trinajstić information content (AvgIpc) is 3.38. The van der Waals surface area contributed by atoms with Crippen molar-refractivity contribution in [1.82, 2.24) is 19.9 Å². The van der Waals surface area contributed by atoms with Gasteiger partial charge in [0.2, 0.25) is 5.91 Å². The minimum atomic E-state index is -0.280.